The van der Waals surface area contributed by atoms with E-state index in [2.05, 4.69) is 0 Å². The number of hydrogen-bond acceptors (Lipinski definition) is 3. The molecule has 0 aromatic rings. The summed E-state index contributed by atoms with van der Waals surface area (Å²) >= 11 is 5.84. The normalized spacial score (nSPS) is 33.4. The highest BCUT2D eigenvalue weighted by atomic mass is 35.5. The molecule has 0 radical (unpaired) electrons. The van der Waals surface area contributed by atoms with Crippen molar-refractivity contribution in [3.8, 4) is 0 Å². The number of allylic oxidation sites excluding steroid dienone is 2. The largest absolute Gasteiger partial charge is 0.455 e. The number of hydrogen-bond donors (Lipinski definition) is 1. The van der Waals surface area contributed by atoms with Gasteiger partial charge in [-0.2, -0.15) is 0 Å². The van der Waals surface area contributed by atoms with Crippen LogP contribution in [0.3, 0.4) is 0 Å². The molecule has 0 saturated carbocycles. The summed E-state index contributed by atoms with van der Waals surface area (Å²) in [4.78, 5) is 9.49. The van der Waals surface area contributed by atoms with Crippen LogP contribution in [0, 0.1) is 0 Å². The summed E-state index contributed by atoms with van der Waals surface area (Å²) in [6, 6.07) is 0. The fraction of sp³-hybridized carbons (Fsp3) is 0.375. The van der Waals surface area contributed by atoms with Gasteiger partial charge in [0.05, 0.1) is 0 Å². The molecule has 4 heteroatoms. The van der Waals surface area contributed by atoms with Gasteiger partial charge in [-0.15, -0.1) is 0 Å². The highest BCUT2D eigenvalue weighted by Gasteiger charge is 2.32. The lowest BCUT2D eigenvalue weighted by Crippen LogP contribution is -2.45. The van der Waals surface area contributed by atoms with Crippen molar-refractivity contribution in [1.82, 2.24) is 0 Å². The van der Waals surface area contributed by atoms with E-state index >= 15 is 0 Å². The summed E-state index contributed by atoms with van der Waals surface area (Å²) < 4.78 is 4.87. The average Bonchev–Trinajstić information content (AvgIpc) is 1.92. The van der Waals surface area contributed by atoms with Gasteiger partial charge in [0, 0.05) is 6.92 Å². The smallest absolute Gasteiger partial charge is 0.303 e. The highest BCUT2D eigenvalue weighted by Crippen LogP contribution is 2.22. The average molecular weight is 188 g/mol. The van der Waals surface area contributed by atoms with E-state index in [1.807, 2.05) is 0 Å². The van der Waals surface area contributed by atoms with Crippen molar-refractivity contribution in [2.24, 2.45) is 5.73 Å². The lowest BCUT2D eigenvalue weighted by atomic mass is 10.1. The predicted octanol–water partition coefficient (Wildman–Crippen LogP) is 0.938. The van der Waals surface area contributed by atoms with E-state index in [1.54, 1.807) is 24.3 Å². The molecule has 2 unspecified atom stereocenters. The van der Waals surface area contributed by atoms with Gasteiger partial charge < -0.3 is 10.5 Å². The van der Waals surface area contributed by atoms with Gasteiger partial charge in [0.15, 0.2) is 11.1 Å². The number of ether oxygens (including phenoxy) is 1. The Hall–Kier alpha value is -0.800. The number of rotatable bonds is 1. The maximum absolute atomic E-state index is 10.6. The van der Waals surface area contributed by atoms with Crippen molar-refractivity contribution in [2.45, 2.75) is 18.0 Å². The zero-order valence-corrected chi connectivity index (χ0v) is 7.41. The Bertz CT molecular complexity index is 245. The molecule has 3 nitrogen and oxygen atoms in total. The molecule has 2 N–H and O–H groups in total. The monoisotopic (exact) mass is 187 g/mol. The van der Waals surface area contributed by atoms with Crippen molar-refractivity contribution >= 4 is 17.6 Å². The Morgan fingerprint density at radius 1 is 1.67 bits per heavy atom. The van der Waals surface area contributed by atoms with E-state index < -0.39 is 17.1 Å². The second kappa shape index (κ2) is 3.29. The SMILES string of the molecule is CC(=O)OC1C=CC=CC1(N)Cl. The Kier molecular flexibility index (Phi) is 2.55. The van der Waals surface area contributed by atoms with Crippen LogP contribution in [0.25, 0.3) is 0 Å². The van der Waals surface area contributed by atoms with Crippen molar-refractivity contribution in [3.05, 3.63) is 24.3 Å². The summed E-state index contributed by atoms with van der Waals surface area (Å²) in [6.07, 6.45) is 6.10. The number of carbonyl (C=O) groups is 1. The van der Waals surface area contributed by atoms with Crippen LogP contribution in [0.4, 0.5) is 0 Å². The third kappa shape index (κ3) is 2.09. The molecule has 66 valence electrons. The lowest BCUT2D eigenvalue weighted by Gasteiger charge is -2.27. The van der Waals surface area contributed by atoms with E-state index in [-0.39, 0.29) is 0 Å². The molecule has 2 atom stereocenters. The molecule has 1 aliphatic carbocycles. The van der Waals surface area contributed by atoms with Crippen LogP contribution in [0.5, 0.6) is 0 Å². The third-order valence-corrected chi connectivity index (χ3v) is 1.82. The molecular weight excluding hydrogens is 178 g/mol. The van der Waals surface area contributed by atoms with Gasteiger partial charge in [-0.05, 0) is 12.2 Å². The van der Waals surface area contributed by atoms with E-state index in [9.17, 15) is 4.79 Å². The van der Waals surface area contributed by atoms with Crippen molar-refractivity contribution in [2.75, 3.05) is 0 Å². The van der Waals surface area contributed by atoms with Gasteiger partial charge in [0.2, 0.25) is 0 Å². The Balaban J connectivity index is 2.70. The molecule has 0 heterocycles. The minimum absolute atomic E-state index is 0.393. The number of nitrogens with two attached hydrogens (primary N) is 1. The van der Waals surface area contributed by atoms with E-state index in [1.165, 1.54) is 6.92 Å². The van der Waals surface area contributed by atoms with Gasteiger partial charge in [-0.25, -0.2) is 0 Å². The Labute approximate surface area is 75.8 Å². The summed E-state index contributed by atoms with van der Waals surface area (Å²) in [6.45, 7) is 1.32. The molecule has 0 saturated heterocycles. The topological polar surface area (TPSA) is 52.3 Å². The standard InChI is InChI=1S/C8H10ClNO2/c1-6(11)12-7-4-2-3-5-8(7,9)10/h2-5,7H,10H2,1H3. The number of alkyl halides is 1. The zero-order valence-electron chi connectivity index (χ0n) is 6.66. The van der Waals surface area contributed by atoms with Gasteiger partial charge >= 0.3 is 5.97 Å². The predicted molar refractivity (Wildman–Crippen MR) is 46.6 cm³/mol. The minimum atomic E-state index is -1.11. The second-order valence-corrected chi connectivity index (χ2v) is 3.26. The van der Waals surface area contributed by atoms with Crippen molar-refractivity contribution < 1.29 is 9.53 Å². The van der Waals surface area contributed by atoms with Gasteiger partial charge in [-0.3, -0.25) is 4.79 Å². The van der Waals surface area contributed by atoms with Gasteiger partial charge in [-0.1, -0.05) is 23.8 Å². The first kappa shape index (κ1) is 9.29. The number of esters is 1. The van der Waals surface area contributed by atoms with Crippen LogP contribution in [0.1, 0.15) is 6.92 Å². The molecule has 0 bridgehead atoms. The van der Waals surface area contributed by atoms with Crippen LogP contribution in [0.15, 0.2) is 24.3 Å². The zero-order chi connectivity index (χ0) is 9.19. The van der Waals surface area contributed by atoms with Crippen LogP contribution in [0.2, 0.25) is 0 Å². The van der Waals surface area contributed by atoms with E-state index in [0.717, 1.165) is 0 Å². The molecule has 1 rings (SSSR count). The molecule has 1 aliphatic rings. The first-order valence-corrected chi connectivity index (χ1v) is 3.91. The lowest BCUT2D eigenvalue weighted by molar-refractivity contribution is -0.145. The molecule has 0 aromatic heterocycles. The summed E-state index contributed by atoms with van der Waals surface area (Å²) in [5.41, 5.74) is 5.62. The summed E-state index contributed by atoms with van der Waals surface area (Å²) in [7, 11) is 0. The molecule has 0 aliphatic heterocycles. The fourth-order valence-corrected chi connectivity index (χ4v) is 1.11. The first-order valence-electron chi connectivity index (χ1n) is 3.53. The second-order valence-electron chi connectivity index (χ2n) is 2.60. The summed E-state index contributed by atoms with van der Waals surface area (Å²) in [5.74, 6) is -0.393. The van der Waals surface area contributed by atoms with Crippen LogP contribution < -0.4 is 5.73 Å². The summed E-state index contributed by atoms with van der Waals surface area (Å²) in [5, 5.41) is 0. The first-order chi connectivity index (χ1) is 5.52. The molecule has 0 aromatic carbocycles. The quantitative estimate of drug-likeness (QED) is 0.378. The number of halogens is 1. The number of carbonyl (C=O) groups excluding carboxylic acids is 1. The minimum Gasteiger partial charge on any atom is -0.455 e. The maximum Gasteiger partial charge on any atom is 0.303 e. The van der Waals surface area contributed by atoms with Crippen molar-refractivity contribution in [1.29, 1.82) is 0 Å². The van der Waals surface area contributed by atoms with Crippen molar-refractivity contribution in [3.63, 3.8) is 0 Å². The van der Waals surface area contributed by atoms with Crippen LogP contribution >= 0.6 is 11.6 Å². The molecule has 0 fully saturated rings. The molecule has 12 heavy (non-hydrogen) atoms. The van der Waals surface area contributed by atoms with Gasteiger partial charge in [0.25, 0.3) is 0 Å². The Morgan fingerprint density at radius 3 is 2.83 bits per heavy atom. The van der Waals surface area contributed by atoms with Crippen LogP contribution in [-0.2, 0) is 9.53 Å². The Morgan fingerprint density at radius 2 is 2.33 bits per heavy atom. The third-order valence-electron chi connectivity index (χ3n) is 1.48. The maximum atomic E-state index is 10.6. The highest BCUT2D eigenvalue weighted by molar-refractivity contribution is 6.25. The fourth-order valence-electron chi connectivity index (χ4n) is 0.919. The van der Waals surface area contributed by atoms with Gasteiger partial charge in [0.1, 0.15) is 0 Å². The van der Waals surface area contributed by atoms with E-state index in [4.69, 9.17) is 22.1 Å². The molecular formula is C8H10ClNO2. The van der Waals surface area contributed by atoms with E-state index in [0.29, 0.717) is 0 Å². The van der Waals surface area contributed by atoms with Crippen LogP contribution in [-0.4, -0.2) is 17.1 Å². The molecule has 0 spiro atoms. The molecule has 0 amide bonds.